The summed E-state index contributed by atoms with van der Waals surface area (Å²) < 4.78 is 21.6. The van der Waals surface area contributed by atoms with E-state index in [0.29, 0.717) is 0 Å². The lowest BCUT2D eigenvalue weighted by Crippen LogP contribution is -2.39. The van der Waals surface area contributed by atoms with Crippen molar-refractivity contribution in [3.63, 3.8) is 0 Å². The van der Waals surface area contributed by atoms with Crippen LogP contribution < -0.4 is 18.9 Å². The SMILES string of the molecule is COc1cc2c(cc1OC)[C@@H]1Cc3cc(OC(C)=O)c(OC(C)=O)cc3CN1CC2. The van der Waals surface area contributed by atoms with Crippen molar-refractivity contribution >= 4 is 11.9 Å². The normalized spacial score (nSPS) is 17.3. The van der Waals surface area contributed by atoms with Crippen LogP contribution in [0.3, 0.4) is 0 Å². The van der Waals surface area contributed by atoms with Crippen molar-refractivity contribution in [2.45, 2.75) is 39.3 Å². The van der Waals surface area contributed by atoms with Crippen molar-refractivity contribution in [1.29, 1.82) is 0 Å². The van der Waals surface area contributed by atoms with E-state index in [-0.39, 0.29) is 17.5 Å². The second-order valence-electron chi connectivity index (χ2n) is 7.60. The van der Waals surface area contributed by atoms with E-state index in [1.165, 1.54) is 25.0 Å². The molecule has 1 atom stereocenters. The number of rotatable bonds is 4. The van der Waals surface area contributed by atoms with E-state index in [2.05, 4.69) is 17.0 Å². The lowest BCUT2D eigenvalue weighted by atomic mass is 9.83. The summed E-state index contributed by atoms with van der Waals surface area (Å²) in [5, 5.41) is 0. The first-order chi connectivity index (χ1) is 14.4. The number of methoxy groups -OCH3 is 2. The third-order valence-corrected chi connectivity index (χ3v) is 5.67. The number of benzene rings is 2. The van der Waals surface area contributed by atoms with E-state index < -0.39 is 11.9 Å². The van der Waals surface area contributed by atoms with Crippen LogP contribution in [0, 0.1) is 0 Å². The molecule has 0 bridgehead atoms. The zero-order valence-corrected chi connectivity index (χ0v) is 17.6. The topological polar surface area (TPSA) is 74.3 Å². The highest BCUT2D eigenvalue weighted by molar-refractivity contribution is 5.74. The van der Waals surface area contributed by atoms with Crippen molar-refractivity contribution in [2.24, 2.45) is 0 Å². The molecule has 0 amide bonds. The van der Waals surface area contributed by atoms with Crippen LogP contribution in [-0.2, 0) is 29.0 Å². The molecule has 7 nitrogen and oxygen atoms in total. The Labute approximate surface area is 175 Å². The van der Waals surface area contributed by atoms with Gasteiger partial charge in [0.25, 0.3) is 0 Å². The van der Waals surface area contributed by atoms with Gasteiger partial charge in [-0.15, -0.1) is 0 Å². The predicted molar refractivity (Wildman–Crippen MR) is 109 cm³/mol. The Morgan fingerprint density at radius 1 is 0.833 bits per heavy atom. The highest BCUT2D eigenvalue weighted by Gasteiger charge is 2.34. The fourth-order valence-corrected chi connectivity index (χ4v) is 4.39. The summed E-state index contributed by atoms with van der Waals surface area (Å²) >= 11 is 0. The molecule has 0 aliphatic carbocycles. The highest BCUT2D eigenvalue weighted by atomic mass is 16.6. The van der Waals surface area contributed by atoms with E-state index in [4.69, 9.17) is 18.9 Å². The average Bonchev–Trinajstić information content (AvgIpc) is 2.71. The molecular formula is C23H25NO6. The summed E-state index contributed by atoms with van der Waals surface area (Å²) in [5.41, 5.74) is 4.63. The first kappa shape index (κ1) is 20.2. The van der Waals surface area contributed by atoms with Gasteiger partial charge in [0.05, 0.1) is 14.2 Å². The zero-order valence-electron chi connectivity index (χ0n) is 17.6. The highest BCUT2D eigenvalue weighted by Crippen LogP contribution is 2.44. The van der Waals surface area contributed by atoms with E-state index in [0.717, 1.165) is 48.6 Å². The second-order valence-corrected chi connectivity index (χ2v) is 7.60. The van der Waals surface area contributed by atoms with Crippen molar-refractivity contribution in [3.8, 4) is 23.0 Å². The zero-order chi connectivity index (χ0) is 21.4. The van der Waals surface area contributed by atoms with Gasteiger partial charge in [-0.25, -0.2) is 0 Å². The lowest BCUT2D eigenvalue weighted by molar-refractivity contribution is -0.134. The molecule has 0 radical (unpaired) electrons. The molecule has 2 aliphatic heterocycles. The maximum Gasteiger partial charge on any atom is 0.308 e. The van der Waals surface area contributed by atoms with Crippen LogP contribution in [0.25, 0.3) is 0 Å². The van der Waals surface area contributed by atoms with Gasteiger partial charge in [0.2, 0.25) is 0 Å². The molecular weight excluding hydrogens is 386 g/mol. The number of hydrogen-bond donors (Lipinski definition) is 0. The van der Waals surface area contributed by atoms with E-state index in [1.54, 1.807) is 14.2 Å². The van der Waals surface area contributed by atoms with Gasteiger partial charge < -0.3 is 18.9 Å². The molecule has 2 heterocycles. The van der Waals surface area contributed by atoms with Crippen LogP contribution >= 0.6 is 0 Å². The lowest BCUT2D eigenvalue weighted by Gasteiger charge is -2.41. The fourth-order valence-electron chi connectivity index (χ4n) is 4.39. The van der Waals surface area contributed by atoms with Gasteiger partial charge in [0.1, 0.15) is 0 Å². The summed E-state index contributed by atoms with van der Waals surface area (Å²) in [7, 11) is 3.29. The Hall–Kier alpha value is -3.06. The maximum atomic E-state index is 11.5. The molecule has 0 aromatic heterocycles. The van der Waals surface area contributed by atoms with Crippen LogP contribution in [-0.4, -0.2) is 37.6 Å². The number of hydrogen-bond acceptors (Lipinski definition) is 7. The Kier molecular flexibility index (Phi) is 5.39. The Morgan fingerprint density at radius 3 is 2.00 bits per heavy atom. The van der Waals surface area contributed by atoms with Crippen molar-refractivity contribution in [3.05, 3.63) is 46.5 Å². The maximum absolute atomic E-state index is 11.5. The van der Waals surface area contributed by atoms with Crippen LogP contribution in [0.1, 0.15) is 42.1 Å². The van der Waals surface area contributed by atoms with Gasteiger partial charge >= 0.3 is 11.9 Å². The molecule has 30 heavy (non-hydrogen) atoms. The summed E-state index contributed by atoms with van der Waals surface area (Å²) in [6.07, 6.45) is 1.68. The van der Waals surface area contributed by atoms with Gasteiger partial charge in [0, 0.05) is 33.0 Å². The monoisotopic (exact) mass is 411 g/mol. The number of ether oxygens (including phenoxy) is 4. The second kappa shape index (κ2) is 7.99. The predicted octanol–water partition coefficient (Wildman–Crippen LogP) is 3.21. The smallest absolute Gasteiger partial charge is 0.308 e. The Balaban J connectivity index is 1.73. The molecule has 0 unspecified atom stereocenters. The van der Waals surface area contributed by atoms with Gasteiger partial charge in [-0.05, 0) is 59.4 Å². The Morgan fingerprint density at radius 2 is 1.40 bits per heavy atom. The first-order valence-corrected chi connectivity index (χ1v) is 9.91. The number of esters is 2. The molecule has 158 valence electrons. The summed E-state index contributed by atoms with van der Waals surface area (Å²) in [6.45, 7) is 4.30. The van der Waals surface area contributed by atoms with Gasteiger partial charge in [-0.2, -0.15) is 0 Å². The molecule has 2 aliphatic rings. The van der Waals surface area contributed by atoms with Gasteiger partial charge in [-0.3, -0.25) is 14.5 Å². The van der Waals surface area contributed by atoms with Crippen molar-refractivity contribution in [1.82, 2.24) is 4.90 Å². The minimum atomic E-state index is -0.458. The quantitative estimate of drug-likeness (QED) is 0.565. The molecule has 0 N–H and O–H groups in total. The molecule has 4 rings (SSSR count). The molecule has 0 spiro atoms. The van der Waals surface area contributed by atoms with E-state index in [9.17, 15) is 9.59 Å². The summed E-state index contributed by atoms with van der Waals surface area (Å²) in [6, 6.07) is 7.95. The molecule has 2 aromatic rings. The van der Waals surface area contributed by atoms with Crippen molar-refractivity contribution in [2.75, 3.05) is 20.8 Å². The van der Waals surface area contributed by atoms with Gasteiger partial charge in [-0.1, -0.05) is 0 Å². The van der Waals surface area contributed by atoms with Crippen LogP contribution in [0.4, 0.5) is 0 Å². The third kappa shape index (κ3) is 3.73. The minimum absolute atomic E-state index is 0.186. The van der Waals surface area contributed by atoms with Crippen LogP contribution in [0.5, 0.6) is 23.0 Å². The summed E-state index contributed by atoms with van der Waals surface area (Å²) in [4.78, 5) is 25.5. The number of carbonyl (C=O) groups is 2. The molecule has 0 saturated carbocycles. The molecule has 7 heteroatoms. The van der Waals surface area contributed by atoms with Crippen LogP contribution in [0.2, 0.25) is 0 Å². The molecule has 0 saturated heterocycles. The number of nitrogens with zero attached hydrogens (tertiary/aromatic N) is 1. The van der Waals surface area contributed by atoms with Crippen molar-refractivity contribution < 1.29 is 28.5 Å². The number of carbonyl (C=O) groups excluding carboxylic acids is 2. The summed E-state index contributed by atoms with van der Waals surface area (Å²) in [5.74, 6) is 1.09. The minimum Gasteiger partial charge on any atom is -0.493 e. The van der Waals surface area contributed by atoms with Gasteiger partial charge in [0.15, 0.2) is 23.0 Å². The first-order valence-electron chi connectivity index (χ1n) is 9.91. The molecule has 0 fully saturated rings. The van der Waals surface area contributed by atoms with Crippen LogP contribution in [0.15, 0.2) is 24.3 Å². The largest absolute Gasteiger partial charge is 0.493 e. The van der Waals surface area contributed by atoms with E-state index >= 15 is 0 Å². The fraction of sp³-hybridized carbons (Fsp3) is 0.391. The third-order valence-electron chi connectivity index (χ3n) is 5.67. The van der Waals surface area contributed by atoms with E-state index in [1.807, 2.05) is 12.1 Å². The standard InChI is InChI=1S/C23H25NO6/c1-13(25)29-22-9-16-7-19-18-11-21(28-4)20(27-3)8-15(18)5-6-24(19)12-17(16)10-23(22)30-14(2)26/h8-11,19H,5-7,12H2,1-4H3/t19-/m0/s1. The number of fused-ring (bicyclic) bond motifs is 4. The Bertz CT molecular complexity index is 1020. The average molecular weight is 411 g/mol. The molecule has 2 aromatic carbocycles.